The number of furan rings is 1. The fraction of sp³-hybridized carbons (Fsp3) is 0.167. The van der Waals surface area contributed by atoms with Gasteiger partial charge in [0.1, 0.15) is 22.9 Å². The highest BCUT2D eigenvalue weighted by atomic mass is 19.1. The number of rotatable bonds is 3. The number of aryl methyl sites for hydroxylation is 1. The van der Waals surface area contributed by atoms with Gasteiger partial charge < -0.3 is 14.8 Å². The van der Waals surface area contributed by atoms with Crippen LogP contribution in [-0.4, -0.2) is 18.1 Å². The molecule has 0 aliphatic rings. The highest BCUT2D eigenvalue weighted by Crippen LogP contribution is 2.37. The molecule has 1 amide bonds. The number of amides is 1. The minimum absolute atomic E-state index is 0.122. The van der Waals surface area contributed by atoms with E-state index in [0.717, 1.165) is 5.56 Å². The number of hydrogen-bond donors (Lipinski definition) is 2. The van der Waals surface area contributed by atoms with Crippen molar-refractivity contribution < 1.29 is 18.7 Å². The third kappa shape index (κ3) is 2.54. The van der Waals surface area contributed by atoms with E-state index in [1.807, 2.05) is 6.92 Å². The number of hydrogen-bond acceptors (Lipinski definition) is 3. The molecule has 0 bridgehead atoms. The summed E-state index contributed by atoms with van der Waals surface area (Å²) in [7, 11) is 1.52. The Morgan fingerprint density at radius 1 is 1.26 bits per heavy atom. The summed E-state index contributed by atoms with van der Waals surface area (Å²) in [6.07, 6.45) is 0.643. The van der Waals surface area contributed by atoms with Crippen molar-refractivity contribution in [3.05, 3.63) is 53.3 Å². The average molecular weight is 313 g/mol. The average Bonchev–Trinajstić information content (AvgIpc) is 2.92. The second kappa shape index (κ2) is 5.76. The van der Waals surface area contributed by atoms with Crippen LogP contribution >= 0.6 is 0 Å². The fourth-order valence-electron chi connectivity index (χ4n) is 2.61. The number of phenolic OH excluding ortho intramolecular Hbond substituents is 1. The molecule has 5 heteroatoms. The Morgan fingerprint density at radius 3 is 2.57 bits per heavy atom. The van der Waals surface area contributed by atoms with E-state index in [1.165, 1.54) is 25.2 Å². The molecule has 0 aliphatic carbocycles. The van der Waals surface area contributed by atoms with Crippen LogP contribution in [-0.2, 0) is 6.42 Å². The van der Waals surface area contributed by atoms with Gasteiger partial charge in [-0.2, -0.15) is 0 Å². The molecule has 0 unspecified atom stereocenters. The zero-order chi connectivity index (χ0) is 16.6. The Morgan fingerprint density at radius 2 is 1.96 bits per heavy atom. The SMILES string of the molecule is CCc1cc2oc(-c3ccc(F)cc3)c(C(=O)NC)c2cc1O. The minimum Gasteiger partial charge on any atom is -0.508 e. The fourth-order valence-corrected chi connectivity index (χ4v) is 2.61. The van der Waals surface area contributed by atoms with Gasteiger partial charge in [0.05, 0.1) is 5.56 Å². The number of carbonyl (C=O) groups is 1. The highest BCUT2D eigenvalue weighted by Gasteiger charge is 2.22. The first-order valence-corrected chi connectivity index (χ1v) is 7.31. The number of carbonyl (C=O) groups excluding carboxylic acids is 1. The van der Waals surface area contributed by atoms with E-state index < -0.39 is 0 Å². The summed E-state index contributed by atoms with van der Waals surface area (Å²) < 4.78 is 19.0. The molecule has 3 rings (SSSR count). The van der Waals surface area contributed by atoms with Crippen molar-refractivity contribution in [1.82, 2.24) is 5.32 Å². The van der Waals surface area contributed by atoms with Gasteiger partial charge in [-0.05, 0) is 48.4 Å². The van der Waals surface area contributed by atoms with Gasteiger partial charge >= 0.3 is 0 Å². The number of nitrogens with one attached hydrogen (secondary N) is 1. The lowest BCUT2D eigenvalue weighted by molar-refractivity contribution is 0.0964. The predicted molar refractivity (Wildman–Crippen MR) is 86.0 cm³/mol. The third-order valence-electron chi connectivity index (χ3n) is 3.83. The van der Waals surface area contributed by atoms with Crippen molar-refractivity contribution in [3.63, 3.8) is 0 Å². The lowest BCUT2D eigenvalue weighted by Gasteiger charge is -2.03. The van der Waals surface area contributed by atoms with E-state index >= 15 is 0 Å². The van der Waals surface area contributed by atoms with Crippen molar-refractivity contribution in [2.24, 2.45) is 0 Å². The monoisotopic (exact) mass is 313 g/mol. The molecule has 0 aliphatic heterocycles. The van der Waals surface area contributed by atoms with E-state index in [0.29, 0.717) is 34.3 Å². The van der Waals surface area contributed by atoms with Crippen LogP contribution in [0, 0.1) is 5.82 Å². The number of halogens is 1. The first-order valence-electron chi connectivity index (χ1n) is 7.31. The number of benzene rings is 2. The topological polar surface area (TPSA) is 62.5 Å². The van der Waals surface area contributed by atoms with Gasteiger partial charge in [0.2, 0.25) is 0 Å². The standard InChI is InChI=1S/C18H16FNO3/c1-3-10-8-15-13(9-14(10)21)16(18(22)20-2)17(23-15)11-4-6-12(19)7-5-11/h4-9,21H,3H2,1-2H3,(H,20,22). The lowest BCUT2D eigenvalue weighted by Crippen LogP contribution is -2.18. The third-order valence-corrected chi connectivity index (χ3v) is 3.83. The lowest BCUT2D eigenvalue weighted by atomic mass is 10.0. The van der Waals surface area contributed by atoms with Crippen LogP contribution in [0.5, 0.6) is 5.75 Å². The molecule has 2 N–H and O–H groups in total. The Labute approximate surface area is 132 Å². The number of phenols is 1. The molecule has 118 valence electrons. The van der Waals surface area contributed by atoms with Crippen molar-refractivity contribution in [2.45, 2.75) is 13.3 Å². The molecule has 2 aromatic carbocycles. The van der Waals surface area contributed by atoms with Crippen LogP contribution in [0.4, 0.5) is 4.39 Å². The molecule has 0 fully saturated rings. The largest absolute Gasteiger partial charge is 0.508 e. The van der Waals surface area contributed by atoms with E-state index in [9.17, 15) is 14.3 Å². The molecule has 4 nitrogen and oxygen atoms in total. The van der Waals surface area contributed by atoms with Crippen molar-refractivity contribution in [2.75, 3.05) is 7.05 Å². The Hall–Kier alpha value is -2.82. The summed E-state index contributed by atoms with van der Waals surface area (Å²) in [5, 5.41) is 13.2. The molecule has 23 heavy (non-hydrogen) atoms. The Kier molecular flexibility index (Phi) is 3.78. The van der Waals surface area contributed by atoms with Gasteiger partial charge in [0.15, 0.2) is 0 Å². The Bertz CT molecular complexity index is 881. The second-order valence-electron chi connectivity index (χ2n) is 5.22. The highest BCUT2D eigenvalue weighted by molar-refractivity contribution is 6.11. The van der Waals surface area contributed by atoms with Gasteiger partial charge in [-0.25, -0.2) is 4.39 Å². The van der Waals surface area contributed by atoms with Gasteiger partial charge in [0, 0.05) is 18.0 Å². The zero-order valence-electron chi connectivity index (χ0n) is 12.8. The molecule has 0 radical (unpaired) electrons. The molecule has 0 saturated heterocycles. The van der Waals surface area contributed by atoms with Crippen LogP contribution < -0.4 is 5.32 Å². The van der Waals surface area contributed by atoms with E-state index in [4.69, 9.17) is 4.42 Å². The number of aromatic hydroxyl groups is 1. The van der Waals surface area contributed by atoms with E-state index in [2.05, 4.69) is 5.32 Å². The molecule has 1 heterocycles. The first-order chi connectivity index (χ1) is 11.0. The summed E-state index contributed by atoms with van der Waals surface area (Å²) in [5.74, 6) is -0.215. The van der Waals surface area contributed by atoms with Crippen molar-refractivity contribution in [3.8, 4) is 17.1 Å². The normalized spacial score (nSPS) is 10.9. The van der Waals surface area contributed by atoms with Crippen molar-refractivity contribution in [1.29, 1.82) is 0 Å². The van der Waals surface area contributed by atoms with Crippen LogP contribution in [0.3, 0.4) is 0 Å². The second-order valence-corrected chi connectivity index (χ2v) is 5.22. The minimum atomic E-state index is -0.364. The van der Waals surface area contributed by atoms with Gasteiger partial charge in [-0.1, -0.05) is 6.92 Å². The van der Waals surface area contributed by atoms with Crippen LogP contribution in [0.15, 0.2) is 40.8 Å². The summed E-state index contributed by atoms with van der Waals surface area (Å²) in [5.41, 5.74) is 2.17. The van der Waals surface area contributed by atoms with Crippen LogP contribution in [0.1, 0.15) is 22.8 Å². The molecule has 1 aromatic heterocycles. The summed E-state index contributed by atoms with van der Waals surface area (Å²) in [4.78, 5) is 12.3. The molecule has 0 spiro atoms. The maximum absolute atomic E-state index is 13.1. The molecular weight excluding hydrogens is 297 g/mol. The summed E-state index contributed by atoms with van der Waals surface area (Å²) in [6, 6.07) is 9.00. The van der Waals surface area contributed by atoms with Crippen molar-refractivity contribution >= 4 is 16.9 Å². The summed E-state index contributed by atoms with van der Waals surface area (Å²) in [6.45, 7) is 1.92. The van der Waals surface area contributed by atoms with E-state index in [-0.39, 0.29) is 17.5 Å². The summed E-state index contributed by atoms with van der Waals surface area (Å²) >= 11 is 0. The van der Waals surface area contributed by atoms with Crippen LogP contribution in [0.2, 0.25) is 0 Å². The smallest absolute Gasteiger partial charge is 0.255 e. The molecular formula is C18H16FNO3. The zero-order valence-corrected chi connectivity index (χ0v) is 12.8. The number of fused-ring (bicyclic) bond motifs is 1. The van der Waals surface area contributed by atoms with Crippen LogP contribution in [0.25, 0.3) is 22.3 Å². The molecule has 3 aromatic rings. The van der Waals surface area contributed by atoms with E-state index in [1.54, 1.807) is 18.2 Å². The quantitative estimate of drug-likeness (QED) is 0.771. The van der Waals surface area contributed by atoms with Gasteiger partial charge in [-0.15, -0.1) is 0 Å². The van der Waals surface area contributed by atoms with Gasteiger partial charge in [0.25, 0.3) is 5.91 Å². The maximum atomic E-state index is 13.1. The molecule has 0 saturated carbocycles. The molecule has 0 atom stereocenters. The first kappa shape index (κ1) is 15.1. The Balaban J connectivity index is 2.31. The maximum Gasteiger partial charge on any atom is 0.255 e. The predicted octanol–water partition coefficient (Wildman–Crippen LogP) is 3.87. The van der Waals surface area contributed by atoms with Gasteiger partial charge in [-0.3, -0.25) is 4.79 Å².